The van der Waals surface area contributed by atoms with E-state index in [0.29, 0.717) is 5.41 Å². The van der Waals surface area contributed by atoms with E-state index in [1.54, 1.807) is 5.57 Å². The van der Waals surface area contributed by atoms with Crippen molar-refractivity contribution >= 4 is 0 Å². The minimum absolute atomic E-state index is 0.397. The van der Waals surface area contributed by atoms with E-state index in [9.17, 15) is 0 Å². The minimum Gasteiger partial charge on any atom is -0.316 e. The standard InChI is InChI=1S/C10H19N/c1-4-5-9-6-7-11-8-10(9,2)3/h5,11H,4,6-8H2,1-3H3/b9-5-. The summed E-state index contributed by atoms with van der Waals surface area (Å²) in [6, 6.07) is 0. The molecule has 0 radical (unpaired) electrons. The average molecular weight is 153 g/mol. The molecule has 1 aliphatic rings. The molecule has 0 atom stereocenters. The van der Waals surface area contributed by atoms with Gasteiger partial charge in [0.2, 0.25) is 0 Å². The third-order valence-electron chi connectivity index (χ3n) is 2.46. The van der Waals surface area contributed by atoms with E-state index in [0.717, 1.165) is 13.1 Å². The van der Waals surface area contributed by atoms with Crippen LogP contribution in [0, 0.1) is 5.41 Å². The molecule has 1 nitrogen and oxygen atoms in total. The maximum atomic E-state index is 3.42. The minimum atomic E-state index is 0.397. The highest BCUT2D eigenvalue weighted by molar-refractivity contribution is 5.15. The zero-order valence-corrected chi connectivity index (χ0v) is 7.91. The Kier molecular flexibility index (Phi) is 2.72. The van der Waals surface area contributed by atoms with Gasteiger partial charge in [-0.3, -0.25) is 0 Å². The topological polar surface area (TPSA) is 12.0 Å². The van der Waals surface area contributed by atoms with Crippen LogP contribution in [0.5, 0.6) is 0 Å². The molecule has 64 valence electrons. The maximum absolute atomic E-state index is 3.42. The van der Waals surface area contributed by atoms with Crippen molar-refractivity contribution in [2.75, 3.05) is 13.1 Å². The van der Waals surface area contributed by atoms with E-state index >= 15 is 0 Å². The summed E-state index contributed by atoms with van der Waals surface area (Å²) in [4.78, 5) is 0. The van der Waals surface area contributed by atoms with Crippen LogP contribution in [0.15, 0.2) is 11.6 Å². The molecule has 11 heavy (non-hydrogen) atoms. The molecule has 0 amide bonds. The van der Waals surface area contributed by atoms with Crippen LogP contribution in [-0.4, -0.2) is 13.1 Å². The normalized spacial score (nSPS) is 27.4. The molecule has 1 aliphatic heterocycles. The molecule has 0 bridgehead atoms. The Morgan fingerprint density at radius 3 is 2.82 bits per heavy atom. The summed E-state index contributed by atoms with van der Waals surface area (Å²) in [6.07, 6.45) is 4.81. The Bertz CT molecular complexity index is 156. The molecule has 1 heteroatoms. The van der Waals surface area contributed by atoms with E-state index in [2.05, 4.69) is 32.2 Å². The van der Waals surface area contributed by atoms with Crippen molar-refractivity contribution in [2.24, 2.45) is 5.41 Å². The fourth-order valence-electron chi connectivity index (χ4n) is 1.70. The van der Waals surface area contributed by atoms with Crippen molar-refractivity contribution in [2.45, 2.75) is 33.6 Å². The summed E-state index contributed by atoms with van der Waals surface area (Å²) in [5, 5.41) is 3.42. The van der Waals surface area contributed by atoms with E-state index in [1.165, 1.54) is 12.8 Å². The molecule has 0 aromatic carbocycles. The predicted octanol–water partition coefficient (Wildman–Crippen LogP) is 2.34. The van der Waals surface area contributed by atoms with Crippen LogP contribution < -0.4 is 5.32 Å². The van der Waals surface area contributed by atoms with Crippen LogP contribution in [0.25, 0.3) is 0 Å². The summed E-state index contributed by atoms with van der Waals surface area (Å²) in [5.74, 6) is 0. The van der Waals surface area contributed by atoms with Gasteiger partial charge < -0.3 is 5.32 Å². The molecule has 0 aromatic heterocycles. The van der Waals surface area contributed by atoms with Crippen LogP contribution in [0.3, 0.4) is 0 Å². The van der Waals surface area contributed by atoms with Gasteiger partial charge >= 0.3 is 0 Å². The Balaban J connectivity index is 2.67. The molecule has 0 saturated carbocycles. The van der Waals surface area contributed by atoms with Crippen molar-refractivity contribution in [1.82, 2.24) is 5.32 Å². The van der Waals surface area contributed by atoms with E-state index in [1.807, 2.05) is 0 Å². The van der Waals surface area contributed by atoms with Crippen molar-refractivity contribution in [3.63, 3.8) is 0 Å². The Labute approximate surface area is 69.9 Å². The summed E-state index contributed by atoms with van der Waals surface area (Å²) >= 11 is 0. The second-order valence-corrected chi connectivity index (χ2v) is 3.95. The van der Waals surface area contributed by atoms with Gasteiger partial charge in [0.1, 0.15) is 0 Å². The first-order chi connectivity index (χ1) is 5.17. The molecular weight excluding hydrogens is 134 g/mol. The van der Waals surface area contributed by atoms with Gasteiger partial charge in [0.15, 0.2) is 0 Å². The first-order valence-electron chi connectivity index (χ1n) is 4.57. The van der Waals surface area contributed by atoms with Gasteiger partial charge in [-0.1, -0.05) is 32.4 Å². The fourth-order valence-corrected chi connectivity index (χ4v) is 1.70. The third kappa shape index (κ3) is 2.06. The van der Waals surface area contributed by atoms with Crippen LogP contribution in [-0.2, 0) is 0 Å². The summed E-state index contributed by atoms with van der Waals surface area (Å²) in [7, 11) is 0. The van der Waals surface area contributed by atoms with Crippen molar-refractivity contribution in [3.05, 3.63) is 11.6 Å². The molecule has 0 unspecified atom stereocenters. The monoisotopic (exact) mass is 153 g/mol. The summed E-state index contributed by atoms with van der Waals surface area (Å²) < 4.78 is 0. The second kappa shape index (κ2) is 3.40. The van der Waals surface area contributed by atoms with Gasteiger partial charge in [0.05, 0.1) is 0 Å². The lowest BCUT2D eigenvalue weighted by atomic mass is 9.79. The lowest BCUT2D eigenvalue weighted by molar-refractivity contribution is 0.356. The number of hydrogen-bond donors (Lipinski definition) is 1. The van der Waals surface area contributed by atoms with E-state index in [4.69, 9.17) is 0 Å². The highest BCUT2D eigenvalue weighted by Crippen LogP contribution is 2.30. The van der Waals surface area contributed by atoms with Gasteiger partial charge in [-0.05, 0) is 24.8 Å². The largest absolute Gasteiger partial charge is 0.316 e. The van der Waals surface area contributed by atoms with E-state index < -0.39 is 0 Å². The molecule has 1 heterocycles. The molecule has 1 fully saturated rings. The molecule has 0 spiro atoms. The SMILES string of the molecule is CC/C=C1/CCNCC1(C)C. The highest BCUT2D eigenvalue weighted by atomic mass is 14.9. The summed E-state index contributed by atoms with van der Waals surface area (Å²) in [6.45, 7) is 9.15. The molecule has 0 aromatic rings. The maximum Gasteiger partial charge on any atom is 0.00400 e. The zero-order chi connectivity index (χ0) is 8.32. The zero-order valence-electron chi connectivity index (χ0n) is 7.91. The first-order valence-corrected chi connectivity index (χ1v) is 4.57. The van der Waals surface area contributed by atoms with Crippen molar-refractivity contribution in [1.29, 1.82) is 0 Å². The fraction of sp³-hybridized carbons (Fsp3) is 0.800. The quantitative estimate of drug-likeness (QED) is 0.570. The highest BCUT2D eigenvalue weighted by Gasteiger charge is 2.25. The first kappa shape index (κ1) is 8.79. The lowest BCUT2D eigenvalue weighted by Crippen LogP contribution is -2.37. The molecule has 1 saturated heterocycles. The molecule has 1 N–H and O–H groups in total. The Morgan fingerprint density at radius 1 is 1.55 bits per heavy atom. The number of nitrogens with one attached hydrogen (secondary N) is 1. The number of rotatable bonds is 1. The van der Waals surface area contributed by atoms with Gasteiger partial charge in [-0.15, -0.1) is 0 Å². The van der Waals surface area contributed by atoms with Crippen LogP contribution in [0.2, 0.25) is 0 Å². The lowest BCUT2D eigenvalue weighted by Gasteiger charge is -2.33. The van der Waals surface area contributed by atoms with Crippen LogP contribution in [0.1, 0.15) is 33.6 Å². The van der Waals surface area contributed by atoms with Crippen molar-refractivity contribution in [3.8, 4) is 0 Å². The molecular formula is C10H19N. The van der Waals surface area contributed by atoms with Crippen LogP contribution in [0.4, 0.5) is 0 Å². The van der Waals surface area contributed by atoms with Gasteiger partial charge in [-0.2, -0.15) is 0 Å². The molecule has 0 aliphatic carbocycles. The van der Waals surface area contributed by atoms with Gasteiger partial charge in [0, 0.05) is 6.54 Å². The molecule has 1 rings (SSSR count). The average Bonchev–Trinajstić information content (AvgIpc) is 1.94. The Hall–Kier alpha value is -0.300. The smallest absolute Gasteiger partial charge is 0.00400 e. The third-order valence-corrected chi connectivity index (χ3v) is 2.46. The number of allylic oxidation sites excluding steroid dienone is 1. The van der Waals surface area contributed by atoms with Crippen LogP contribution >= 0.6 is 0 Å². The summed E-state index contributed by atoms with van der Waals surface area (Å²) in [5.41, 5.74) is 2.03. The number of hydrogen-bond acceptors (Lipinski definition) is 1. The van der Waals surface area contributed by atoms with Crippen molar-refractivity contribution < 1.29 is 0 Å². The predicted molar refractivity (Wildman–Crippen MR) is 49.6 cm³/mol. The van der Waals surface area contributed by atoms with Gasteiger partial charge in [-0.25, -0.2) is 0 Å². The Morgan fingerprint density at radius 2 is 2.27 bits per heavy atom. The van der Waals surface area contributed by atoms with E-state index in [-0.39, 0.29) is 0 Å². The second-order valence-electron chi connectivity index (χ2n) is 3.95. The van der Waals surface area contributed by atoms with Gasteiger partial charge in [0.25, 0.3) is 0 Å². The number of piperidine rings is 1.